The highest BCUT2D eigenvalue weighted by atomic mass is 16.5. The number of hydrogen-bond donors (Lipinski definition) is 2. The lowest BCUT2D eigenvalue weighted by atomic mass is 10.0. The number of carboxylic acid groups (broad SMARTS) is 1. The van der Waals surface area contributed by atoms with Crippen LogP contribution in [-0.4, -0.2) is 42.3 Å². The molecule has 1 aromatic carbocycles. The summed E-state index contributed by atoms with van der Waals surface area (Å²) in [5.74, 6) is -0.333. The van der Waals surface area contributed by atoms with Gasteiger partial charge in [-0.2, -0.15) is 0 Å². The zero-order valence-corrected chi connectivity index (χ0v) is 13.3. The molecule has 0 aromatic heterocycles. The second-order valence-electron chi connectivity index (χ2n) is 6.10. The number of carbonyl (C=O) groups is 2. The molecule has 128 valence electrons. The van der Waals surface area contributed by atoms with E-state index >= 15 is 0 Å². The topological polar surface area (TPSA) is 84.9 Å². The van der Waals surface area contributed by atoms with E-state index in [1.807, 2.05) is 12.2 Å². The molecule has 6 heteroatoms. The number of hydrogen-bond acceptors (Lipinski definition) is 4. The first-order chi connectivity index (χ1) is 11.6. The molecule has 0 unspecified atom stereocenters. The Bertz CT molecular complexity index is 617. The van der Waals surface area contributed by atoms with Gasteiger partial charge in [0.2, 0.25) is 5.91 Å². The summed E-state index contributed by atoms with van der Waals surface area (Å²) in [6, 6.07) is 6.14. The lowest BCUT2D eigenvalue weighted by Gasteiger charge is -2.33. The van der Waals surface area contributed by atoms with Crippen LogP contribution in [0.5, 0.6) is 5.75 Å². The summed E-state index contributed by atoms with van der Waals surface area (Å²) in [6.07, 6.45) is 6.06. The normalized spacial score (nSPS) is 23.8. The predicted molar refractivity (Wildman–Crippen MR) is 87.0 cm³/mol. The van der Waals surface area contributed by atoms with Crippen LogP contribution in [0.3, 0.4) is 0 Å². The molecule has 1 aliphatic heterocycles. The molecule has 1 fully saturated rings. The van der Waals surface area contributed by atoms with Crippen LogP contribution in [0, 0.1) is 5.92 Å². The molecule has 1 aromatic rings. The molecular weight excluding hydrogens is 310 g/mol. The Hall–Kier alpha value is -2.34. The minimum Gasteiger partial charge on any atom is -0.486 e. The summed E-state index contributed by atoms with van der Waals surface area (Å²) >= 11 is 0. The van der Waals surface area contributed by atoms with Crippen LogP contribution in [0.1, 0.15) is 29.6 Å². The maximum atomic E-state index is 12.3. The van der Waals surface area contributed by atoms with Gasteiger partial charge in [0.15, 0.2) is 0 Å². The van der Waals surface area contributed by atoms with Crippen molar-refractivity contribution in [1.82, 2.24) is 5.32 Å². The van der Waals surface area contributed by atoms with Gasteiger partial charge in [-0.15, -0.1) is 0 Å². The third kappa shape index (κ3) is 3.94. The molecule has 24 heavy (non-hydrogen) atoms. The number of ether oxygens (including phenoxy) is 2. The number of amides is 1. The Balaban J connectivity index is 1.61. The van der Waals surface area contributed by atoms with E-state index in [4.69, 9.17) is 14.6 Å². The summed E-state index contributed by atoms with van der Waals surface area (Å²) in [6.45, 7) is 0.986. The zero-order chi connectivity index (χ0) is 16.9. The second kappa shape index (κ2) is 7.49. The molecule has 0 radical (unpaired) electrons. The van der Waals surface area contributed by atoms with Gasteiger partial charge >= 0.3 is 5.97 Å². The van der Waals surface area contributed by atoms with Crippen LogP contribution in [0.4, 0.5) is 0 Å². The number of nitrogens with one attached hydrogen (secondary N) is 1. The number of rotatable bonds is 5. The van der Waals surface area contributed by atoms with Gasteiger partial charge in [-0.05, 0) is 43.5 Å². The molecule has 2 atom stereocenters. The van der Waals surface area contributed by atoms with Gasteiger partial charge in [-0.25, -0.2) is 4.79 Å². The minimum absolute atomic E-state index is 0.0170. The van der Waals surface area contributed by atoms with E-state index < -0.39 is 5.97 Å². The summed E-state index contributed by atoms with van der Waals surface area (Å²) in [5, 5.41) is 12.0. The van der Waals surface area contributed by atoms with Crippen LogP contribution < -0.4 is 10.1 Å². The highest BCUT2D eigenvalue weighted by Crippen LogP contribution is 2.21. The maximum absolute atomic E-state index is 12.3. The van der Waals surface area contributed by atoms with Crippen LogP contribution in [0.15, 0.2) is 36.4 Å². The Morgan fingerprint density at radius 1 is 1.17 bits per heavy atom. The number of allylic oxidation sites excluding steroid dienone is 2. The van der Waals surface area contributed by atoms with E-state index in [9.17, 15) is 9.59 Å². The highest BCUT2D eigenvalue weighted by Gasteiger charge is 2.31. The molecule has 2 N–H and O–H groups in total. The van der Waals surface area contributed by atoms with Crippen molar-refractivity contribution in [2.45, 2.75) is 31.4 Å². The van der Waals surface area contributed by atoms with E-state index in [2.05, 4.69) is 5.32 Å². The largest absolute Gasteiger partial charge is 0.486 e. The average Bonchev–Trinajstić information content (AvgIpc) is 3.12. The molecule has 1 aliphatic carbocycles. The van der Waals surface area contributed by atoms with E-state index in [1.165, 1.54) is 12.1 Å². The van der Waals surface area contributed by atoms with Gasteiger partial charge in [-0.3, -0.25) is 4.79 Å². The summed E-state index contributed by atoms with van der Waals surface area (Å²) < 4.78 is 11.4. The van der Waals surface area contributed by atoms with Crippen LogP contribution in [0.25, 0.3) is 0 Å². The highest BCUT2D eigenvalue weighted by molar-refractivity contribution is 5.87. The number of carbonyl (C=O) groups excluding carboxylic acids is 1. The minimum atomic E-state index is -0.974. The molecule has 3 rings (SSSR count). The number of carboxylic acids is 1. The lowest BCUT2D eigenvalue weighted by Crippen LogP contribution is -2.52. The van der Waals surface area contributed by atoms with Gasteiger partial charge in [0.1, 0.15) is 11.9 Å². The van der Waals surface area contributed by atoms with E-state index in [1.54, 1.807) is 12.1 Å². The van der Waals surface area contributed by atoms with Crippen LogP contribution in [0.2, 0.25) is 0 Å². The van der Waals surface area contributed by atoms with Crippen LogP contribution >= 0.6 is 0 Å². The van der Waals surface area contributed by atoms with Crippen molar-refractivity contribution in [3.8, 4) is 5.75 Å². The Labute approximate surface area is 140 Å². The molecule has 6 nitrogen and oxygen atoms in total. The number of benzene rings is 1. The predicted octanol–water partition coefficient (Wildman–Crippen LogP) is 2.00. The molecule has 1 amide bonds. The monoisotopic (exact) mass is 331 g/mol. The first-order valence-electron chi connectivity index (χ1n) is 8.16. The van der Waals surface area contributed by atoms with Gasteiger partial charge in [0.25, 0.3) is 0 Å². The second-order valence-corrected chi connectivity index (χ2v) is 6.10. The van der Waals surface area contributed by atoms with Crippen molar-refractivity contribution in [3.63, 3.8) is 0 Å². The van der Waals surface area contributed by atoms with Crippen molar-refractivity contribution in [3.05, 3.63) is 42.0 Å². The SMILES string of the molecule is O=C(O)c1ccc(O[C@@H]2COCC[C@H]2NC(=O)C2CC=CC2)cc1. The van der Waals surface area contributed by atoms with Crippen molar-refractivity contribution in [2.24, 2.45) is 5.92 Å². The van der Waals surface area contributed by atoms with E-state index in [0.717, 1.165) is 12.8 Å². The van der Waals surface area contributed by atoms with Gasteiger partial charge in [0.05, 0.1) is 18.2 Å². The van der Waals surface area contributed by atoms with Gasteiger partial charge in [0, 0.05) is 12.5 Å². The third-order valence-corrected chi connectivity index (χ3v) is 4.40. The van der Waals surface area contributed by atoms with E-state index in [0.29, 0.717) is 25.4 Å². The van der Waals surface area contributed by atoms with Gasteiger partial charge < -0.3 is 19.9 Å². The summed E-state index contributed by atoms with van der Waals surface area (Å²) in [7, 11) is 0. The molecule has 0 bridgehead atoms. The fourth-order valence-corrected chi connectivity index (χ4v) is 2.98. The first-order valence-corrected chi connectivity index (χ1v) is 8.16. The average molecular weight is 331 g/mol. The molecule has 0 saturated carbocycles. The van der Waals surface area contributed by atoms with Crippen molar-refractivity contribution in [1.29, 1.82) is 0 Å². The standard InChI is InChI=1S/C18H21NO5/c20-17(12-3-1-2-4-12)19-15-9-10-23-11-16(15)24-14-7-5-13(6-8-14)18(21)22/h1-2,5-8,12,15-16H,3-4,9-11H2,(H,19,20)(H,21,22)/t15-,16-/m1/s1. The van der Waals surface area contributed by atoms with Crippen molar-refractivity contribution in [2.75, 3.05) is 13.2 Å². The molecule has 1 heterocycles. The first kappa shape index (κ1) is 16.5. The lowest BCUT2D eigenvalue weighted by molar-refractivity contribution is -0.127. The smallest absolute Gasteiger partial charge is 0.335 e. The Morgan fingerprint density at radius 2 is 1.88 bits per heavy atom. The zero-order valence-electron chi connectivity index (χ0n) is 13.3. The van der Waals surface area contributed by atoms with Gasteiger partial charge in [-0.1, -0.05) is 12.2 Å². The Morgan fingerprint density at radius 3 is 2.54 bits per heavy atom. The quantitative estimate of drug-likeness (QED) is 0.806. The third-order valence-electron chi connectivity index (χ3n) is 4.40. The van der Waals surface area contributed by atoms with E-state index in [-0.39, 0.29) is 29.5 Å². The fourth-order valence-electron chi connectivity index (χ4n) is 2.98. The maximum Gasteiger partial charge on any atom is 0.335 e. The number of aromatic carboxylic acids is 1. The Kier molecular flexibility index (Phi) is 5.15. The summed E-state index contributed by atoms with van der Waals surface area (Å²) in [4.78, 5) is 23.2. The van der Waals surface area contributed by atoms with Crippen molar-refractivity contribution < 1.29 is 24.2 Å². The molecular formula is C18H21NO5. The molecule has 0 spiro atoms. The van der Waals surface area contributed by atoms with Crippen molar-refractivity contribution >= 4 is 11.9 Å². The molecule has 1 saturated heterocycles. The fraction of sp³-hybridized carbons (Fsp3) is 0.444. The summed E-state index contributed by atoms with van der Waals surface area (Å²) in [5.41, 5.74) is 0.209. The molecule has 2 aliphatic rings. The van der Waals surface area contributed by atoms with Crippen LogP contribution in [-0.2, 0) is 9.53 Å².